The molecule has 1 rings (SSSR count). The van der Waals surface area contributed by atoms with Gasteiger partial charge in [0, 0.05) is 12.1 Å². The first-order chi connectivity index (χ1) is 9.67. The Kier molecular flexibility index (Phi) is 6.40. The van der Waals surface area contributed by atoms with Gasteiger partial charge in [-0.3, -0.25) is 4.79 Å². The number of halogens is 3. The molecule has 1 unspecified atom stereocenters. The van der Waals surface area contributed by atoms with E-state index in [4.69, 9.17) is 11.6 Å². The van der Waals surface area contributed by atoms with Gasteiger partial charge in [-0.2, -0.15) is 8.78 Å². The Morgan fingerprint density at radius 3 is 2.33 bits per heavy atom. The van der Waals surface area contributed by atoms with Crippen molar-refractivity contribution in [2.45, 2.75) is 39.2 Å². The summed E-state index contributed by atoms with van der Waals surface area (Å²) < 4.78 is 28.2. The number of nitrogens with one attached hydrogen (secondary N) is 1. The molecule has 6 heteroatoms. The van der Waals surface area contributed by atoms with Crippen LogP contribution >= 0.6 is 11.6 Å². The Morgan fingerprint density at radius 1 is 1.29 bits per heavy atom. The highest BCUT2D eigenvalue weighted by molar-refractivity contribution is 6.21. The molecule has 1 atom stereocenters. The lowest BCUT2D eigenvalue weighted by Crippen LogP contribution is -2.31. The fraction of sp³-hybridized carbons (Fsp3) is 0.533. The summed E-state index contributed by atoms with van der Waals surface area (Å²) in [5.74, 6) is -0.275. The van der Waals surface area contributed by atoms with Gasteiger partial charge in [0.25, 0.3) is 5.91 Å². The molecule has 0 bridgehead atoms. The van der Waals surface area contributed by atoms with Crippen molar-refractivity contribution in [2.24, 2.45) is 5.41 Å². The molecule has 0 radical (unpaired) electrons. The van der Waals surface area contributed by atoms with Gasteiger partial charge >= 0.3 is 6.61 Å². The first kappa shape index (κ1) is 17.7. The average Bonchev–Trinajstić information content (AvgIpc) is 2.34. The highest BCUT2D eigenvalue weighted by Gasteiger charge is 2.17. The molecule has 1 N–H and O–H groups in total. The lowest BCUT2D eigenvalue weighted by molar-refractivity contribution is -0.0498. The molecule has 118 valence electrons. The van der Waals surface area contributed by atoms with Crippen LogP contribution in [0, 0.1) is 5.41 Å². The number of carbonyl (C=O) groups is 1. The van der Waals surface area contributed by atoms with E-state index in [0.29, 0.717) is 12.1 Å². The molecular formula is C15H20ClF2NO2. The predicted molar refractivity (Wildman–Crippen MR) is 79.1 cm³/mol. The number of alkyl halides is 3. The Balaban J connectivity index is 2.48. The van der Waals surface area contributed by atoms with Crippen molar-refractivity contribution in [3.8, 4) is 5.75 Å². The van der Waals surface area contributed by atoms with Gasteiger partial charge in [-0.05, 0) is 36.1 Å². The van der Waals surface area contributed by atoms with Crippen LogP contribution in [-0.2, 0) is 0 Å². The van der Waals surface area contributed by atoms with Crippen LogP contribution < -0.4 is 10.1 Å². The average molecular weight is 320 g/mol. The Bertz CT molecular complexity index is 458. The molecule has 0 saturated heterocycles. The minimum atomic E-state index is -2.88. The monoisotopic (exact) mass is 319 g/mol. The number of hydrogen-bond acceptors (Lipinski definition) is 2. The fourth-order valence-electron chi connectivity index (χ4n) is 1.83. The third-order valence-electron chi connectivity index (χ3n) is 2.66. The van der Waals surface area contributed by atoms with Crippen molar-refractivity contribution in [3.05, 3.63) is 29.8 Å². The topological polar surface area (TPSA) is 38.3 Å². The van der Waals surface area contributed by atoms with Gasteiger partial charge in [-0.25, -0.2) is 0 Å². The summed E-state index contributed by atoms with van der Waals surface area (Å²) in [6, 6.07) is 5.52. The van der Waals surface area contributed by atoms with Crippen LogP contribution in [-0.4, -0.2) is 24.4 Å². The highest BCUT2D eigenvalue weighted by atomic mass is 35.5. The number of carbonyl (C=O) groups excluding carboxylic acids is 1. The van der Waals surface area contributed by atoms with Crippen molar-refractivity contribution in [2.75, 3.05) is 6.54 Å². The molecule has 0 aromatic heterocycles. The van der Waals surface area contributed by atoms with Crippen LogP contribution in [0.15, 0.2) is 24.3 Å². The van der Waals surface area contributed by atoms with E-state index < -0.39 is 6.61 Å². The largest absolute Gasteiger partial charge is 0.435 e. The SMILES string of the molecule is CC(C)(C)CC(Cl)CNC(=O)c1ccc(OC(F)F)cc1. The molecule has 1 amide bonds. The zero-order valence-corrected chi connectivity index (χ0v) is 13.1. The summed E-state index contributed by atoms with van der Waals surface area (Å²) in [4.78, 5) is 11.9. The van der Waals surface area contributed by atoms with Crippen LogP contribution in [0.1, 0.15) is 37.6 Å². The van der Waals surface area contributed by atoms with E-state index in [0.717, 1.165) is 6.42 Å². The molecule has 0 spiro atoms. The van der Waals surface area contributed by atoms with Crippen LogP contribution in [0.4, 0.5) is 8.78 Å². The highest BCUT2D eigenvalue weighted by Crippen LogP contribution is 2.23. The molecule has 0 fully saturated rings. The van der Waals surface area contributed by atoms with Gasteiger partial charge in [0.15, 0.2) is 0 Å². The van der Waals surface area contributed by atoms with E-state index in [9.17, 15) is 13.6 Å². The molecule has 0 aliphatic rings. The zero-order valence-electron chi connectivity index (χ0n) is 12.3. The molecule has 0 saturated carbocycles. The van der Waals surface area contributed by atoms with Crippen molar-refractivity contribution in [1.82, 2.24) is 5.32 Å². The molecule has 0 aliphatic heterocycles. The molecular weight excluding hydrogens is 300 g/mol. The van der Waals surface area contributed by atoms with E-state index >= 15 is 0 Å². The third-order valence-corrected chi connectivity index (χ3v) is 2.97. The number of benzene rings is 1. The molecule has 1 aromatic rings. The maximum Gasteiger partial charge on any atom is 0.387 e. The summed E-state index contributed by atoms with van der Waals surface area (Å²) in [5, 5.41) is 2.56. The van der Waals surface area contributed by atoms with Crippen molar-refractivity contribution >= 4 is 17.5 Å². The van der Waals surface area contributed by atoms with E-state index in [1.165, 1.54) is 24.3 Å². The maximum atomic E-state index is 12.0. The van der Waals surface area contributed by atoms with E-state index in [2.05, 4.69) is 30.8 Å². The quantitative estimate of drug-likeness (QED) is 0.803. The smallest absolute Gasteiger partial charge is 0.387 e. The Morgan fingerprint density at radius 2 is 1.86 bits per heavy atom. The summed E-state index contributed by atoms with van der Waals surface area (Å²) in [7, 11) is 0. The van der Waals surface area contributed by atoms with Crippen molar-refractivity contribution in [3.63, 3.8) is 0 Å². The van der Waals surface area contributed by atoms with Crippen LogP contribution in [0.5, 0.6) is 5.75 Å². The van der Waals surface area contributed by atoms with E-state index in [1.807, 2.05) is 0 Å². The molecule has 0 heterocycles. The van der Waals surface area contributed by atoms with Crippen molar-refractivity contribution in [1.29, 1.82) is 0 Å². The zero-order chi connectivity index (χ0) is 16.0. The summed E-state index contributed by atoms with van der Waals surface area (Å²) >= 11 is 6.16. The van der Waals surface area contributed by atoms with Crippen LogP contribution in [0.2, 0.25) is 0 Å². The van der Waals surface area contributed by atoms with Crippen molar-refractivity contribution < 1.29 is 18.3 Å². The first-order valence-corrected chi connectivity index (χ1v) is 7.08. The van der Waals surface area contributed by atoms with E-state index in [1.54, 1.807) is 0 Å². The molecule has 3 nitrogen and oxygen atoms in total. The summed E-state index contributed by atoms with van der Waals surface area (Å²) in [5.41, 5.74) is 0.460. The number of ether oxygens (including phenoxy) is 1. The van der Waals surface area contributed by atoms with Gasteiger partial charge in [-0.1, -0.05) is 20.8 Å². The number of amides is 1. The molecule has 0 aliphatic carbocycles. The lowest BCUT2D eigenvalue weighted by Gasteiger charge is -2.22. The normalized spacial score (nSPS) is 13.1. The lowest BCUT2D eigenvalue weighted by atomic mass is 9.90. The molecule has 21 heavy (non-hydrogen) atoms. The first-order valence-electron chi connectivity index (χ1n) is 6.64. The van der Waals surface area contributed by atoms with Crippen LogP contribution in [0.3, 0.4) is 0 Å². The van der Waals surface area contributed by atoms with Gasteiger partial charge in [0.2, 0.25) is 0 Å². The van der Waals surface area contributed by atoms with Gasteiger partial charge < -0.3 is 10.1 Å². The Hall–Kier alpha value is -1.36. The Labute approximate surface area is 128 Å². The third kappa shape index (κ3) is 7.27. The predicted octanol–water partition coefficient (Wildman–Crippen LogP) is 4.06. The second-order valence-corrected chi connectivity index (χ2v) is 6.59. The van der Waals surface area contributed by atoms with Gasteiger partial charge in [0.05, 0.1) is 5.38 Å². The van der Waals surface area contributed by atoms with Gasteiger partial charge in [-0.15, -0.1) is 11.6 Å². The maximum absolute atomic E-state index is 12.0. The number of hydrogen-bond donors (Lipinski definition) is 1. The van der Waals surface area contributed by atoms with E-state index in [-0.39, 0.29) is 22.4 Å². The second-order valence-electron chi connectivity index (χ2n) is 5.97. The minimum absolute atomic E-state index is 0.0181. The number of rotatable bonds is 6. The van der Waals surface area contributed by atoms with Crippen LogP contribution in [0.25, 0.3) is 0 Å². The molecule has 1 aromatic carbocycles. The minimum Gasteiger partial charge on any atom is -0.435 e. The summed E-state index contributed by atoms with van der Waals surface area (Å²) in [6.07, 6.45) is 0.774. The second kappa shape index (κ2) is 7.59. The summed E-state index contributed by atoms with van der Waals surface area (Å²) in [6.45, 7) is 3.70. The van der Waals surface area contributed by atoms with Gasteiger partial charge in [0.1, 0.15) is 5.75 Å². The standard InChI is InChI=1S/C15H20ClF2NO2/c1-15(2,3)8-11(16)9-19-13(20)10-4-6-12(7-5-10)21-14(17)18/h4-7,11,14H,8-9H2,1-3H3,(H,19,20). The fourth-order valence-corrected chi connectivity index (χ4v) is 2.37.